The van der Waals surface area contributed by atoms with Crippen molar-refractivity contribution in [1.82, 2.24) is 0 Å². The van der Waals surface area contributed by atoms with Crippen molar-refractivity contribution in [2.75, 3.05) is 30.9 Å². The summed E-state index contributed by atoms with van der Waals surface area (Å²) < 4.78 is 0. The fourth-order valence-electron chi connectivity index (χ4n) is 1.32. The molecule has 0 saturated carbocycles. The van der Waals surface area contributed by atoms with Gasteiger partial charge in [0.1, 0.15) is 0 Å². The zero-order chi connectivity index (χ0) is 11.5. The number of nitrogens with zero attached hydrogens (tertiary/aromatic N) is 1. The van der Waals surface area contributed by atoms with E-state index in [2.05, 4.69) is 5.32 Å². The lowest BCUT2D eigenvalue weighted by Gasteiger charge is -2.22. The molecule has 84 valence electrons. The van der Waals surface area contributed by atoms with E-state index in [1.54, 1.807) is 13.8 Å². The van der Waals surface area contributed by atoms with Gasteiger partial charge in [-0.3, -0.25) is 0 Å². The Labute approximate surface area is 91.7 Å². The molecule has 3 nitrogen and oxygen atoms in total. The van der Waals surface area contributed by atoms with E-state index in [9.17, 15) is 5.11 Å². The van der Waals surface area contributed by atoms with Gasteiger partial charge in [0.25, 0.3) is 0 Å². The second-order valence-electron chi connectivity index (χ2n) is 4.58. The number of benzene rings is 1. The number of nitrogens with one attached hydrogen (secondary N) is 1. The van der Waals surface area contributed by atoms with Gasteiger partial charge in [0.05, 0.1) is 17.0 Å². The van der Waals surface area contributed by atoms with Gasteiger partial charge in [-0.1, -0.05) is 12.1 Å². The molecule has 0 bridgehead atoms. The Morgan fingerprint density at radius 3 is 2.40 bits per heavy atom. The Morgan fingerprint density at radius 1 is 1.27 bits per heavy atom. The van der Waals surface area contributed by atoms with Gasteiger partial charge in [-0.05, 0) is 26.0 Å². The fraction of sp³-hybridized carbons (Fsp3) is 0.500. The Morgan fingerprint density at radius 2 is 1.87 bits per heavy atom. The lowest BCUT2D eigenvalue weighted by Crippen LogP contribution is -2.29. The highest BCUT2D eigenvalue weighted by atomic mass is 16.3. The highest BCUT2D eigenvalue weighted by Crippen LogP contribution is 2.23. The average molecular weight is 208 g/mol. The van der Waals surface area contributed by atoms with E-state index in [4.69, 9.17) is 0 Å². The zero-order valence-electron chi connectivity index (χ0n) is 9.91. The van der Waals surface area contributed by atoms with Gasteiger partial charge in [-0.15, -0.1) is 0 Å². The van der Waals surface area contributed by atoms with Crippen molar-refractivity contribution in [3.05, 3.63) is 24.3 Å². The van der Waals surface area contributed by atoms with E-state index >= 15 is 0 Å². The van der Waals surface area contributed by atoms with E-state index in [0.717, 1.165) is 11.4 Å². The van der Waals surface area contributed by atoms with Crippen LogP contribution in [0.2, 0.25) is 0 Å². The Hall–Kier alpha value is -1.22. The van der Waals surface area contributed by atoms with Gasteiger partial charge >= 0.3 is 0 Å². The van der Waals surface area contributed by atoms with E-state index < -0.39 is 5.60 Å². The third-order valence-electron chi connectivity index (χ3n) is 2.10. The number of aliphatic hydroxyl groups is 1. The molecular formula is C12H20N2O. The summed E-state index contributed by atoms with van der Waals surface area (Å²) in [6.07, 6.45) is 0. The summed E-state index contributed by atoms with van der Waals surface area (Å²) in [6, 6.07) is 8.05. The molecule has 1 aromatic rings. The topological polar surface area (TPSA) is 35.5 Å². The average Bonchev–Trinajstić information content (AvgIpc) is 2.14. The molecule has 0 aromatic heterocycles. The molecule has 0 fully saturated rings. The molecule has 2 N–H and O–H groups in total. The lowest BCUT2D eigenvalue weighted by molar-refractivity contribution is 0.0945. The van der Waals surface area contributed by atoms with Crippen molar-refractivity contribution in [2.24, 2.45) is 0 Å². The molecule has 0 unspecified atom stereocenters. The van der Waals surface area contributed by atoms with Gasteiger partial charge in [0.15, 0.2) is 0 Å². The molecule has 0 saturated heterocycles. The van der Waals surface area contributed by atoms with Crippen molar-refractivity contribution in [2.45, 2.75) is 19.4 Å². The number of hydrogen-bond donors (Lipinski definition) is 2. The largest absolute Gasteiger partial charge is 0.389 e. The van der Waals surface area contributed by atoms with Crippen molar-refractivity contribution in [1.29, 1.82) is 0 Å². The fourth-order valence-corrected chi connectivity index (χ4v) is 1.32. The highest BCUT2D eigenvalue weighted by Gasteiger charge is 2.12. The Kier molecular flexibility index (Phi) is 3.58. The SMILES string of the molecule is CN(C)c1ccccc1NCC(C)(C)O. The molecule has 1 aromatic carbocycles. The van der Waals surface area contributed by atoms with Crippen molar-refractivity contribution < 1.29 is 5.11 Å². The summed E-state index contributed by atoms with van der Waals surface area (Å²) in [4.78, 5) is 2.05. The first-order valence-corrected chi connectivity index (χ1v) is 5.13. The smallest absolute Gasteiger partial charge is 0.0763 e. The maximum atomic E-state index is 9.63. The first kappa shape index (κ1) is 11.9. The summed E-state index contributed by atoms with van der Waals surface area (Å²) in [5, 5.41) is 12.9. The first-order valence-electron chi connectivity index (χ1n) is 5.13. The van der Waals surface area contributed by atoms with Crippen LogP contribution in [0.4, 0.5) is 11.4 Å². The van der Waals surface area contributed by atoms with Crippen LogP contribution < -0.4 is 10.2 Å². The molecule has 0 heterocycles. The Balaban J connectivity index is 2.76. The molecule has 0 aliphatic heterocycles. The van der Waals surface area contributed by atoms with Crippen LogP contribution in [0.1, 0.15) is 13.8 Å². The third kappa shape index (κ3) is 3.80. The monoisotopic (exact) mass is 208 g/mol. The van der Waals surface area contributed by atoms with Crippen LogP contribution in [0.5, 0.6) is 0 Å². The standard InChI is InChI=1S/C12H20N2O/c1-12(2,15)9-13-10-7-5-6-8-11(10)14(3)4/h5-8,13,15H,9H2,1-4H3. The summed E-state index contributed by atoms with van der Waals surface area (Å²) in [5.74, 6) is 0. The van der Waals surface area contributed by atoms with Crippen molar-refractivity contribution in [3.8, 4) is 0 Å². The third-order valence-corrected chi connectivity index (χ3v) is 2.10. The molecular weight excluding hydrogens is 188 g/mol. The van der Waals surface area contributed by atoms with Gasteiger partial charge in [0.2, 0.25) is 0 Å². The molecule has 0 spiro atoms. The molecule has 0 aliphatic rings. The zero-order valence-corrected chi connectivity index (χ0v) is 9.91. The first-order chi connectivity index (χ1) is 6.90. The summed E-state index contributed by atoms with van der Waals surface area (Å²) in [7, 11) is 4.01. The maximum absolute atomic E-state index is 9.63. The van der Waals surface area contributed by atoms with E-state index in [0.29, 0.717) is 6.54 Å². The number of para-hydroxylation sites is 2. The second-order valence-corrected chi connectivity index (χ2v) is 4.58. The van der Waals surface area contributed by atoms with E-state index in [1.165, 1.54) is 0 Å². The molecule has 1 rings (SSSR count). The minimum Gasteiger partial charge on any atom is -0.389 e. The van der Waals surface area contributed by atoms with E-state index in [1.807, 2.05) is 43.3 Å². The van der Waals surface area contributed by atoms with Crippen LogP contribution in [0.25, 0.3) is 0 Å². The van der Waals surface area contributed by atoms with Crippen molar-refractivity contribution in [3.63, 3.8) is 0 Å². The molecule has 3 heteroatoms. The van der Waals surface area contributed by atoms with Crippen LogP contribution in [-0.4, -0.2) is 31.3 Å². The number of hydrogen-bond acceptors (Lipinski definition) is 3. The van der Waals surface area contributed by atoms with Crippen LogP contribution in [0.15, 0.2) is 24.3 Å². The lowest BCUT2D eigenvalue weighted by atomic mass is 10.1. The molecule has 0 atom stereocenters. The van der Waals surface area contributed by atoms with Crippen LogP contribution in [-0.2, 0) is 0 Å². The van der Waals surface area contributed by atoms with Crippen LogP contribution in [0.3, 0.4) is 0 Å². The number of anilines is 2. The van der Waals surface area contributed by atoms with Gasteiger partial charge < -0.3 is 15.3 Å². The predicted molar refractivity (Wildman–Crippen MR) is 65.6 cm³/mol. The van der Waals surface area contributed by atoms with Gasteiger partial charge in [-0.2, -0.15) is 0 Å². The van der Waals surface area contributed by atoms with Gasteiger partial charge in [0, 0.05) is 20.6 Å². The highest BCUT2D eigenvalue weighted by molar-refractivity contribution is 5.69. The normalized spacial score (nSPS) is 11.3. The summed E-state index contributed by atoms with van der Waals surface area (Å²) >= 11 is 0. The molecule has 0 amide bonds. The summed E-state index contributed by atoms with van der Waals surface area (Å²) in [6.45, 7) is 4.12. The van der Waals surface area contributed by atoms with Gasteiger partial charge in [-0.25, -0.2) is 0 Å². The molecule has 0 radical (unpaired) electrons. The van der Waals surface area contributed by atoms with Crippen LogP contribution >= 0.6 is 0 Å². The van der Waals surface area contributed by atoms with Crippen molar-refractivity contribution >= 4 is 11.4 Å². The molecule has 15 heavy (non-hydrogen) atoms. The predicted octanol–water partition coefficient (Wildman–Crippen LogP) is 1.94. The van der Waals surface area contributed by atoms with Crippen LogP contribution in [0, 0.1) is 0 Å². The minimum atomic E-state index is -0.695. The quantitative estimate of drug-likeness (QED) is 0.793. The maximum Gasteiger partial charge on any atom is 0.0763 e. The molecule has 0 aliphatic carbocycles. The minimum absolute atomic E-state index is 0.540. The Bertz CT molecular complexity index is 316. The van der Waals surface area contributed by atoms with E-state index in [-0.39, 0.29) is 0 Å². The summed E-state index contributed by atoms with van der Waals surface area (Å²) in [5.41, 5.74) is 1.48. The second kappa shape index (κ2) is 4.53. The number of rotatable bonds is 4.